The number of hydrogen-bond acceptors (Lipinski definition) is 1. The molecule has 0 aliphatic carbocycles. The number of hydrogen-bond donors (Lipinski definition) is 0. The topological polar surface area (TPSA) is 9.23 Å². The summed E-state index contributed by atoms with van der Waals surface area (Å²) < 4.78 is 18.5. The van der Waals surface area contributed by atoms with E-state index in [0.29, 0.717) is 17.7 Å². The van der Waals surface area contributed by atoms with Gasteiger partial charge in [0.15, 0.2) is 0 Å². The summed E-state index contributed by atoms with van der Waals surface area (Å²) in [5.74, 6) is -0.243. The van der Waals surface area contributed by atoms with Gasteiger partial charge in [0.2, 0.25) is 0 Å². The Morgan fingerprint density at radius 3 is 2.83 bits per heavy atom. The molecular formula is C9H10BrFO. The molecule has 0 bridgehead atoms. The van der Waals surface area contributed by atoms with Crippen LogP contribution in [0, 0.1) is 5.82 Å². The number of rotatable bonds is 3. The van der Waals surface area contributed by atoms with Crippen molar-refractivity contribution in [2.75, 3.05) is 6.61 Å². The predicted molar refractivity (Wildman–Crippen MR) is 49.4 cm³/mol. The van der Waals surface area contributed by atoms with Gasteiger partial charge in [-0.2, -0.15) is 0 Å². The Balaban J connectivity index is 2.69. The largest absolute Gasteiger partial charge is 0.377 e. The van der Waals surface area contributed by atoms with Gasteiger partial charge in [-0.05, 0) is 40.5 Å². The number of halogens is 2. The predicted octanol–water partition coefficient (Wildman–Crippen LogP) is 3.12. The van der Waals surface area contributed by atoms with Gasteiger partial charge in [0, 0.05) is 6.61 Å². The Hall–Kier alpha value is -0.410. The Labute approximate surface area is 79.7 Å². The zero-order valence-electron chi connectivity index (χ0n) is 6.81. The maximum absolute atomic E-state index is 12.9. The van der Waals surface area contributed by atoms with E-state index in [1.165, 1.54) is 6.07 Å². The molecule has 0 saturated carbocycles. The monoisotopic (exact) mass is 232 g/mol. The van der Waals surface area contributed by atoms with E-state index in [1.807, 2.05) is 13.0 Å². The van der Waals surface area contributed by atoms with Crippen molar-refractivity contribution < 1.29 is 9.13 Å². The Kier molecular flexibility index (Phi) is 3.69. The molecular weight excluding hydrogens is 223 g/mol. The van der Waals surface area contributed by atoms with E-state index in [2.05, 4.69) is 15.9 Å². The highest BCUT2D eigenvalue weighted by molar-refractivity contribution is 9.10. The van der Waals surface area contributed by atoms with E-state index in [-0.39, 0.29) is 5.82 Å². The summed E-state index contributed by atoms with van der Waals surface area (Å²) in [6.07, 6.45) is 0. The Bertz CT molecular complexity index is 263. The highest BCUT2D eigenvalue weighted by Gasteiger charge is 1.99. The second-order valence-electron chi connectivity index (χ2n) is 2.39. The first-order valence-corrected chi connectivity index (χ1v) is 4.55. The molecule has 0 fully saturated rings. The Morgan fingerprint density at radius 1 is 1.50 bits per heavy atom. The zero-order valence-corrected chi connectivity index (χ0v) is 8.40. The molecule has 0 amide bonds. The van der Waals surface area contributed by atoms with Crippen molar-refractivity contribution in [1.29, 1.82) is 0 Å². The van der Waals surface area contributed by atoms with Crippen LogP contribution in [0.4, 0.5) is 4.39 Å². The normalized spacial score (nSPS) is 10.2. The summed E-state index contributed by atoms with van der Waals surface area (Å²) in [5.41, 5.74) is 0.859. The summed E-state index contributed by atoms with van der Waals surface area (Å²) in [6, 6.07) is 4.99. The first-order valence-electron chi connectivity index (χ1n) is 3.75. The molecule has 1 rings (SSSR count). The average Bonchev–Trinajstić information content (AvgIpc) is 2.07. The number of ether oxygens (including phenoxy) is 1. The van der Waals surface area contributed by atoms with E-state index >= 15 is 0 Å². The lowest BCUT2D eigenvalue weighted by Gasteiger charge is -2.01. The molecule has 0 saturated heterocycles. The fourth-order valence-corrected chi connectivity index (χ4v) is 1.10. The lowest BCUT2D eigenvalue weighted by Crippen LogP contribution is -1.92. The second-order valence-corrected chi connectivity index (χ2v) is 3.24. The SMILES string of the molecule is CCOCc1ccc(Br)c(F)c1. The lowest BCUT2D eigenvalue weighted by atomic mass is 10.2. The van der Waals surface area contributed by atoms with Crippen LogP contribution in [0.15, 0.2) is 22.7 Å². The summed E-state index contributed by atoms with van der Waals surface area (Å²) in [4.78, 5) is 0. The molecule has 0 spiro atoms. The molecule has 0 atom stereocenters. The highest BCUT2D eigenvalue weighted by Crippen LogP contribution is 2.16. The van der Waals surface area contributed by atoms with Gasteiger partial charge in [-0.25, -0.2) is 4.39 Å². The van der Waals surface area contributed by atoms with Gasteiger partial charge in [0.1, 0.15) is 5.82 Å². The van der Waals surface area contributed by atoms with E-state index in [1.54, 1.807) is 6.07 Å². The third kappa shape index (κ3) is 2.57. The maximum Gasteiger partial charge on any atom is 0.137 e. The zero-order chi connectivity index (χ0) is 8.97. The molecule has 0 N–H and O–H groups in total. The van der Waals surface area contributed by atoms with Gasteiger partial charge in [-0.15, -0.1) is 0 Å². The van der Waals surface area contributed by atoms with Gasteiger partial charge in [0.05, 0.1) is 11.1 Å². The lowest BCUT2D eigenvalue weighted by molar-refractivity contribution is 0.134. The van der Waals surface area contributed by atoms with Crippen LogP contribution < -0.4 is 0 Å². The summed E-state index contributed by atoms with van der Waals surface area (Å²) in [7, 11) is 0. The van der Waals surface area contributed by atoms with Crippen molar-refractivity contribution in [2.24, 2.45) is 0 Å². The highest BCUT2D eigenvalue weighted by atomic mass is 79.9. The third-order valence-corrected chi connectivity index (χ3v) is 2.10. The number of benzene rings is 1. The second kappa shape index (κ2) is 4.58. The van der Waals surface area contributed by atoms with Gasteiger partial charge in [-0.1, -0.05) is 6.07 Å². The van der Waals surface area contributed by atoms with E-state index in [9.17, 15) is 4.39 Å². The first kappa shape index (κ1) is 9.68. The van der Waals surface area contributed by atoms with E-state index < -0.39 is 0 Å². The molecule has 1 aromatic rings. The van der Waals surface area contributed by atoms with Crippen molar-refractivity contribution in [1.82, 2.24) is 0 Å². The average molecular weight is 233 g/mol. The van der Waals surface area contributed by atoms with E-state index in [4.69, 9.17) is 4.74 Å². The van der Waals surface area contributed by atoms with Gasteiger partial charge < -0.3 is 4.74 Å². The van der Waals surface area contributed by atoms with Gasteiger partial charge >= 0.3 is 0 Å². The molecule has 66 valence electrons. The summed E-state index contributed by atoms with van der Waals surface area (Å²) in [5, 5.41) is 0. The van der Waals surface area contributed by atoms with Crippen molar-refractivity contribution in [2.45, 2.75) is 13.5 Å². The summed E-state index contributed by atoms with van der Waals surface area (Å²) >= 11 is 3.08. The van der Waals surface area contributed by atoms with Crippen LogP contribution in [0.3, 0.4) is 0 Å². The van der Waals surface area contributed by atoms with Crippen molar-refractivity contribution >= 4 is 15.9 Å². The molecule has 1 nitrogen and oxygen atoms in total. The smallest absolute Gasteiger partial charge is 0.137 e. The molecule has 0 radical (unpaired) electrons. The van der Waals surface area contributed by atoms with Gasteiger partial charge in [0.25, 0.3) is 0 Å². The van der Waals surface area contributed by atoms with Crippen LogP contribution >= 0.6 is 15.9 Å². The first-order chi connectivity index (χ1) is 5.74. The van der Waals surface area contributed by atoms with Crippen LogP contribution in [0.2, 0.25) is 0 Å². The standard InChI is InChI=1S/C9H10BrFO/c1-2-12-6-7-3-4-8(10)9(11)5-7/h3-5H,2,6H2,1H3. The molecule has 3 heteroatoms. The fraction of sp³-hybridized carbons (Fsp3) is 0.333. The van der Waals surface area contributed by atoms with E-state index in [0.717, 1.165) is 5.56 Å². The van der Waals surface area contributed by atoms with Crippen molar-refractivity contribution in [3.63, 3.8) is 0 Å². The maximum atomic E-state index is 12.9. The fourth-order valence-electron chi connectivity index (χ4n) is 0.849. The van der Waals surface area contributed by atoms with Crippen LogP contribution in [0.5, 0.6) is 0 Å². The van der Waals surface area contributed by atoms with Crippen molar-refractivity contribution in [3.8, 4) is 0 Å². The molecule has 12 heavy (non-hydrogen) atoms. The van der Waals surface area contributed by atoms with Crippen LogP contribution in [0.1, 0.15) is 12.5 Å². The van der Waals surface area contributed by atoms with Crippen LogP contribution in [0.25, 0.3) is 0 Å². The van der Waals surface area contributed by atoms with Crippen molar-refractivity contribution in [3.05, 3.63) is 34.1 Å². The molecule has 1 aromatic carbocycles. The molecule has 0 aliphatic heterocycles. The minimum absolute atomic E-state index is 0.243. The summed E-state index contributed by atoms with van der Waals surface area (Å²) in [6.45, 7) is 3.04. The van der Waals surface area contributed by atoms with Gasteiger partial charge in [-0.3, -0.25) is 0 Å². The minimum Gasteiger partial charge on any atom is -0.377 e. The Morgan fingerprint density at radius 2 is 2.25 bits per heavy atom. The molecule has 0 aliphatic rings. The van der Waals surface area contributed by atoms with Crippen LogP contribution in [-0.4, -0.2) is 6.61 Å². The molecule has 0 heterocycles. The van der Waals surface area contributed by atoms with Crippen LogP contribution in [-0.2, 0) is 11.3 Å². The third-order valence-electron chi connectivity index (χ3n) is 1.46. The minimum atomic E-state index is -0.243. The molecule has 0 aromatic heterocycles. The molecule has 0 unspecified atom stereocenters. The quantitative estimate of drug-likeness (QED) is 0.779.